The van der Waals surface area contributed by atoms with Crippen molar-refractivity contribution in [1.29, 1.82) is 0 Å². The van der Waals surface area contributed by atoms with Gasteiger partial charge in [0.15, 0.2) is 17.6 Å². The number of aromatic nitrogens is 1. The van der Waals surface area contributed by atoms with Gasteiger partial charge in [0.25, 0.3) is 5.91 Å². The second kappa shape index (κ2) is 6.70. The molecule has 8 heteroatoms. The van der Waals surface area contributed by atoms with Gasteiger partial charge in [-0.2, -0.15) is 0 Å². The molecule has 0 fully saturated rings. The molecule has 1 N–H and O–H groups in total. The Morgan fingerprint density at radius 1 is 1.33 bits per heavy atom. The number of nitrogens with one attached hydrogen (secondary N) is 1. The first-order chi connectivity index (χ1) is 11.4. The molecule has 0 saturated carbocycles. The Labute approximate surface area is 145 Å². The van der Waals surface area contributed by atoms with Gasteiger partial charge in [-0.1, -0.05) is 22.9 Å². The van der Waals surface area contributed by atoms with E-state index in [1.54, 1.807) is 18.2 Å². The van der Waals surface area contributed by atoms with Crippen molar-refractivity contribution in [3.05, 3.63) is 52.6 Å². The third kappa shape index (κ3) is 3.63. The average molecular weight is 369 g/mol. The Hall–Kier alpha value is -2.25. The summed E-state index contributed by atoms with van der Waals surface area (Å²) in [5.41, 5.74) is 0.851. The van der Waals surface area contributed by atoms with Crippen LogP contribution in [0, 0.1) is 18.6 Å². The molecular formula is C16H11ClF2N2O2S. The predicted molar refractivity (Wildman–Crippen MR) is 89.8 cm³/mol. The molecule has 0 atom stereocenters. The van der Waals surface area contributed by atoms with Crippen molar-refractivity contribution in [1.82, 2.24) is 4.98 Å². The summed E-state index contributed by atoms with van der Waals surface area (Å²) in [6.07, 6.45) is 0. The molecule has 1 heterocycles. The Balaban J connectivity index is 1.66. The number of benzene rings is 2. The predicted octanol–water partition coefficient (Wildman–Crippen LogP) is 4.55. The minimum atomic E-state index is -0.769. The molecule has 0 unspecified atom stereocenters. The third-order valence-electron chi connectivity index (χ3n) is 3.16. The van der Waals surface area contributed by atoms with Gasteiger partial charge in [0.05, 0.1) is 4.70 Å². The zero-order chi connectivity index (χ0) is 17.3. The molecule has 1 aromatic heterocycles. The molecule has 124 valence electrons. The van der Waals surface area contributed by atoms with Gasteiger partial charge in [-0.05, 0) is 36.8 Å². The molecule has 0 aliphatic carbocycles. The summed E-state index contributed by atoms with van der Waals surface area (Å²) in [5, 5.41) is 3.29. The highest BCUT2D eigenvalue weighted by molar-refractivity contribution is 7.22. The maximum Gasteiger partial charge on any atom is 0.264 e. The summed E-state index contributed by atoms with van der Waals surface area (Å²) in [7, 11) is 0. The number of amides is 1. The van der Waals surface area contributed by atoms with Crippen molar-refractivity contribution in [2.75, 3.05) is 11.9 Å². The number of halogens is 3. The Morgan fingerprint density at radius 3 is 2.88 bits per heavy atom. The number of hydrogen-bond acceptors (Lipinski definition) is 4. The number of ether oxygens (including phenoxy) is 1. The lowest BCUT2D eigenvalue weighted by atomic mass is 10.2. The highest BCUT2D eigenvalue weighted by atomic mass is 35.5. The van der Waals surface area contributed by atoms with Crippen molar-refractivity contribution in [3.8, 4) is 5.75 Å². The van der Waals surface area contributed by atoms with E-state index in [4.69, 9.17) is 16.3 Å². The quantitative estimate of drug-likeness (QED) is 0.734. The van der Waals surface area contributed by atoms with Gasteiger partial charge >= 0.3 is 0 Å². The van der Waals surface area contributed by atoms with Crippen molar-refractivity contribution in [2.24, 2.45) is 0 Å². The summed E-state index contributed by atoms with van der Waals surface area (Å²) >= 11 is 6.90. The second-order valence-electron chi connectivity index (χ2n) is 5.00. The molecule has 3 rings (SSSR count). The van der Waals surface area contributed by atoms with Crippen LogP contribution in [0.5, 0.6) is 5.75 Å². The molecule has 1 amide bonds. The number of anilines is 1. The van der Waals surface area contributed by atoms with Gasteiger partial charge in [-0.25, -0.2) is 13.8 Å². The largest absolute Gasteiger partial charge is 0.484 e. The minimum Gasteiger partial charge on any atom is -0.484 e. The van der Waals surface area contributed by atoms with Crippen LogP contribution in [0.3, 0.4) is 0 Å². The van der Waals surface area contributed by atoms with Gasteiger partial charge in [0.2, 0.25) is 0 Å². The maximum atomic E-state index is 13.6. The molecule has 4 nitrogen and oxygen atoms in total. The normalized spacial score (nSPS) is 10.8. The first-order valence-electron chi connectivity index (χ1n) is 6.87. The summed E-state index contributed by atoms with van der Waals surface area (Å²) in [5.74, 6) is -1.41. The fourth-order valence-electron chi connectivity index (χ4n) is 2.02. The molecule has 0 spiro atoms. The van der Waals surface area contributed by atoms with E-state index in [9.17, 15) is 13.6 Å². The standard InChI is InChI=1S/C16H11ClF2N2O2S/c1-8-4-10(2-3-11(8)17)23-7-14(22)20-16-21-15-12(19)5-9(18)6-13(15)24-16/h2-6H,7H2,1H3,(H,20,21,22). The van der Waals surface area contributed by atoms with Crippen molar-refractivity contribution >= 4 is 44.2 Å². The number of nitrogens with zero attached hydrogens (tertiary/aromatic N) is 1. The fourth-order valence-corrected chi connectivity index (χ4v) is 3.06. The molecule has 24 heavy (non-hydrogen) atoms. The Morgan fingerprint density at radius 2 is 2.12 bits per heavy atom. The highest BCUT2D eigenvalue weighted by Gasteiger charge is 2.13. The second-order valence-corrected chi connectivity index (χ2v) is 6.44. The number of carbonyl (C=O) groups is 1. The smallest absolute Gasteiger partial charge is 0.264 e. The summed E-state index contributed by atoms with van der Waals surface area (Å²) in [4.78, 5) is 15.8. The molecule has 0 aliphatic rings. The molecular weight excluding hydrogens is 358 g/mol. The number of rotatable bonds is 4. The van der Waals surface area contributed by atoms with Gasteiger partial charge in [0.1, 0.15) is 17.1 Å². The number of fused-ring (bicyclic) bond motifs is 1. The molecule has 0 radical (unpaired) electrons. The van der Waals surface area contributed by atoms with Crippen LogP contribution in [0.2, 0.25) is 5.02 Å². The van der Waals surface area contributed by atoms with E-state index < -0.39 is 17.5 Å². The van der Waals surface area contributed by atoms with Crippen molar-refractivity contribution in [3.63, 3.8) is 0 Å². The summed E-state index contributed by atoms with van der Waals surface area (Å²) in [6, 6.07) is 6.96. The van der Waals surface area contributed by atoms with E-state index in [1.165, 1.54) is 6.07 Å². The first kappa shape index (κ1) is 16.6. The lowest BCUT2D eigenvalue weighted by Crippen LogP contribution is -2.20. The fraction of sp³-hybridized carbons (Fsp3) is 0.125. The molecule has 0 aliphatic heterocycles. The number of hydrogen-bond donors (Lipinski definition) is 1. The van der Waals surface area contributed by atoms with Crippen LogP contribution in [-0.4, -0.2) is 17.5 Å². The number of thiazole rings is 1. The number of carbonyl (C=O) groups excluding carboxylic acids is 1. The van der Waals surface area contributed by atoms with Crippen LogP contribution in [0.1, 0.15) is 5.56 Å². The summed E-state index contributed by atoms with van der Waals surface area (Å²) < 4.78 is 32.4. The lowest BCUT2D eigenvalue weighted by Gasteiger charge is -2.07. The van der Waals surface area contributed by atoms with E-state index in [2.05, 4.69) is 10.3 Å². The van der Waals surface area contributed by atoms with Crippen molar-refractivity contribution in [2.45, 2.75) is 6.92 Å². The van der Waals surface area contributed by atoms with Crippen molar-refractivity contribution < 1.29 is 18.3 Å². The van der Waals surface area contributed by atoms with E-state index >= 15 is 0 Å². The average Bonchev–Trinajstić information content (AvgIpc) is 2.91. The van der Waals surface area contributed by atoms with Crippen LogP contribution in [0.25, 0.3) is 10.2 Å². The molecule has 0 bridgehead atoms. The van der Waals surface area contributed by atoms with Gasteiger partial charge in [0, 0.05) is 11.1 Å². The SMILES string of the molecule is Cc1cc(OCC(=O)Nc2nc3c(F)cc(F)cc3s2)ccc1Cl. The zero-order valence-corrected chi connectivity index (χ0v) is 14.0. The van der Waals surface area contributed by atoms with Crippen LogP contribution < -0.4 is 10.1 Å². The van der Waals surface area contributed by atoms with Crippen LogP contribution in [0.4, 0.5) is 13.9 Å². The monoisotopic (exact) mass is 368 g/mol. The van der Waals surface area contributed by atoms with Gasteiger partial charge in [-0.3, -0.25) is 10.1 Å². The molecule has 2 aromatic carbocycles. The zero-order valence-electron chi connectivity index (χ0n) is 12.4. The minimum absolute atomic E-state index is 0.0194. The Bertz CT molecular complexity index is 930. The van der Waals surface area contributed by atoms with E-state index in [0.717, 1.165) is 23.0 Å². The van der Waals surface area contributed by atoms with Crippen LogP contribution in [-0.2, 0) is 4.79 Å². The third-order valence-corrected chi connectivity index (χ3v) is 4.50. The van der Waals surface area contributed by atoms with E-state index in [0.29, 0.717) is 15.5 Å². The van der Waals surface area contributed by atoms with Gasteiger partial charge in [-0.15, -0.1) is 0 Å². The first-order valence-corrected chi connectivity index (χ1v) is 8.06. The van der Waals surface area contributed by atoms with Gasteiger partial charge < -0.3 is 4.74 Å². The van der Waals surface area contributed by atoms with E-state index in [1.807, 2.05) is 6.92 Å². The summed E-state index contributed by atoms with van der Waals surface area (Å²) in [6.45, 7) is 1.58. The molecule has 0 saturated heterocycles. The van der Waals surface area contributed by atoms with E-state index in [-0.39, 0.29) is 17.3 Å². The highest BCUT2D eigenvalue weighted by Crippen LogP contribution is 2.28. The van der Waals surface area contributed by atoms with Crippen LogP contribution >= 0.6 is 22.9 Å². The molecule has 3 aromatic rings. The topological polar surface area (TPSA) is 51.2 Å². The number of aryl methyl sites for hydroxylation is 1. The maximum absolute atomic E-state index is 13.6. The van der Waals surface area contributed by atoms with Crippen LogP contribution in [0.15, 0.2) is 30.3 Å². The Kier molecular flexibility index (Phi) is 4.64. The lowest BCUT2D eigenvalue weighted by molar-refractivity contribution is -0.118.